The Morgan fingerprint density at radius 2 is 1.84 bits per heavy atom. The van der Waals surface area contributed by atoms with Crippen molar-refractivity contribution in [3.63, 3.8) is 0 Å². The maximum Gasteiger partial charge on any atom is 0.150 e. The summed E-state index contributed by atoms with van der Waals surface area (Å²) in [5, 5.41) is 2.16. The number of ether oxygens (including phenoxy) is 1. The van der Waals surface area contributed by atoms with Crippen LogP contribution in [0.15, 0.2) is 47.5 Å². The van der Waals surface area contributed by atoms with Crippen molar-refractivity contribution in [2.24, 2.45) is 4.99 Å². The van der Waals surface area contributed by atoms with Gasteiger partial charge in [-0.25, -0.2) is 4.39 Å². The zero-order valence-corrected chi connectivity index (χ0v) is 11.2. The van der Waals surface area contributed by atoms with E-state index < -0.39 is 5.82 Å². The summed E-state index contributed by atoms with van der Waals surface area (Å²) in [6, 6.07) is 12.3. The Morgan fingerprint density at radius 3 is 2.42 bits per heavy atom. The first-order valence-electron chi connectivity index (χ1n) is 5.85. The number of nitrogens with zero attached hydrogens (tertiary/aromatic N) is 1. The molecule has 2 aromatic carbocycles. The van der Waals surface area contributed by atoms with Crippen molar-refractivity contribution in [3.8, 4) is 16.9 Å². The highest BCUT2D eigenvalue weighted by atomic mass is 32.1. The number of rotatable bonds is 4. The standard InChI is InChI=1S/C15H12FNOS/c1-2-18-13-6-3-11(4-7-13)12-5-8-15(17-10-19)14(16)9-12/h3-9H,2H2,1H3. The van der Waals surface area contributed by atoms with Crippen LogP contribution in [0.2, 0.25) is 0 Å². The lowest BCUT2D eigenvalue weighted by Gasteiger charge is -2.06. The molecule has 19 heavy (non-hydrogen) atoms. The molecule has 4 heteroatoms. The highest BCUT2D eigenvalue weighted by molar-refractivity contribution is 7.78. The monoisotopic (exact) mass is 273 g/mol. The van der Waals surface area contributed by atoms with Crippen LogP contribution in [0.3, 0.4) is 0 Å². The predicted octanol–water partition coefficient (Wildman–Crippen LogP) is 4.63. The largest absolute Gasteiger partial charge is 0.494 e. The van der Waals surface area contributed by atoms with Crippen molar-refractivity contribution in [2.45, 2.75) is 6.92 Å². The maximum absolute atomic E-state index is 13.7. The summed E-state index contributed by atoms with van der Waals surface area (Å²) in [5.41, 5.74) is 1.90. The number of halogens is 1. The van der Waals surface area contributed by atoms with Gasteiger partial charge in [-0.3, -0.25) is 0 Å². The van der Waals surface area contributed by atoms with Gasteiger partial charge in [0.15, 0.2) is 0 Å². The van der Waals surface area contributed by atoms with Crippen molar-refractivity contribution in [1.29, 1.82) is 0 Å². The van der Waals surface area contributed by atoms with Gasteiger partial charge in [-0.05, 0) is 54.5 Å². The fraction of sp³-hybridized carbons (Fsp3) is 0.133. The number of thiocarbonyl (C=S) groups is 1. The summed E-state index contributed by atoms with van der Waals surface area (Å²) >= 11 is 4.46. The second-order valence-corrected chi connectivity index (χ2v) is 4.01. The van der Waals surface area contributed by atoms with Crippen LogP contribution in [0.5, 0.6) is 5.75 Å². The smallest absolute Gasteiger partial charge is 0.150 e. The molecule has 2 nitrogen and oxygen atoms in total. The third kappa shape index (κ3) is 3.25. The molecule has 0 atom stereocenters. The molecule has 0 N–H and O–H groups in total. The average molecular weight is 273 g/mol. The summed E-state index contributed by atoms with van der Waals surface area (Å²) in [4.78, 5) is 3.65. The van der Waals surface area contributed by atoms with Crippen LogP contribution in [0.4, 0.5) is 10.1 Å². The van der Waals surface area contributed by atoms with Gasteiger partial charge >= 0.3 is 0 Å². The average Bonchev–Trinajstić information content (AvgIpc) is 2.43. The van der Waals surface area contributed by atoms with Crippen LogP contribution >= 0.6 is 12.2 Å². The van der Waals surface area contributed by atoms with Crippen molar-refractivity contribution < 1.29 is 9.13 Å². The Hall–Kier alpha value is -2.03. The van der Waals surface area contributed by atoms with Crippen LogP contribution < -0.4 is 4.74 Å². The van der Waals surface area contributed by atoms with E-state index in [2.05, 4.69) is 22.4 Å². The van der Waals surface area contributed by atoms with Crippen LogP contribution in [-0.4, -0.2) is 11.8 Å². The molecule has 0 aromatic heterocycles. The topological polar surface area (TPSA) is 21.6 Å². The van der Waals surface area contributed by atoms with E-state index in [0.717, 1.165) is 16.9 Å². The van der Waals surface area contributed by atoms with Gasteiger partial charge in [0.2, 0.25) is 0 Å². The zero-order valence-electron chi connectivity index (χ0n) is 10.4. The molecule has 0 amide bonds. The van der Waals surface area contributed by atoms with Crippen LogP contribution in [0, 0.1) is 5.82 Å². The molecule has 0 heterocycles. The van der Waals surface area contributed by atoms with Gasteiger partial charge in [0.05, 0.1) is 11.8 Å². The van der Waals surface area contributed by atoms with Gasteiger partial charge in [-0.15, -0.1) is 0 Å². The normalized spacial score (nSPS) is 9.79. The molecule has 96 valence electrons. The van der Waals surface area contributed by atoms with E-state index >= 15 is 0 Å². The predicted molar refractivity (Wildman–Crippen MR) is 77.7 cm³/mol. The lowest BCUT2D eigenvalue weighted by Crippen LogP contribution is -1.90. The molecule has 0 aliphatic carbocycles. The lowest BCUT2D eigenvalue weighted by molar-refractivity contribution is 0.340. The molecule has 0 radical (unpaired) electrons. The second-order valence-electron chi connectivity index (χ2n) is 3.83. The van der Waals surface area contributed by atoms with Crippen molar-refractivity contribution in [1.82, 2.24) is 0 Å². The Balaban J connectivity index is 2.31. The Labute approximate surface area is 116 Å². The molecule has 2 rings (SSSR count). The summed E-state index contributed by atoms with van der Waals surface area (Å²) < 4.78 is 19.1. The molecule has 0 saturated heterocycles. The first-order chi connectivity index (χ1) is 9.24. The molecule has 0 saturated carbocycles. The first-order valence-corrected chi connectivity index (χ1v) is 6.26. The van der Waals surface area contributed by atoms with E-state index in [1.165, 1.54) is 6.07 Å². The van der Waals surface area contributed by atoms with Gasteiger partial charge < -0.3 is 4.74 Å². The molecule has 0 unspecified atom stereocenters. The first kappa shape index (κ1) is 13.4. The van der Waals surface area contributed by atoms with Crippen LogP contribution in [0.1, 0.15) is 6.92 Å². The summed E-state index contributed by atoms with van der Waals surface area (Å²) in [6.45, 7) is 2.55. The fourth-order valence-electron chi connectivity index (χ4n) is 1.74. The Morgan fingerprint density at radius 1 is 1.16 bits per heavy atom. The molecule has 0 fully saturated rings. The number of hydrogen-bond acceptors (Lipinski definition) is 3. The molecule has 2 aromatic rings. The molecule has 0 aliphatic rings. The summed E-state index contributed by atoms with van der Waals surface area (Å²) in [7, 11) is 0. The minimum Gasteiger partial charge on any atom is -0.494 e. The third-order valence-electron chi connectivity index (χ3n) is 2.61. The minimum atomic E-state index is -0.413. The second kappa shape index (κ2) is 6.23. The third-order valence-corrected chi connectivity index (χ3v) is 2.70. The molecular formula is C15H12FNOS. The number of isothiocyanates is 1. The SMILES string of the molecule is CCOc1ccc(-c2ccc(N=C=S)c(F)c2)cc1. The van der Waals surface area contributed by atoms with E-state index in [-0.39, 0.29) is 5.69 Å². The summed E-state index contributed by atoms with van der Waals surface area (Å²) in [6.07, 6.45) is 0. The van der Waals surface area contributed by atoms with Crippen LogP contribution in [-0.2, 0) is 0 Å². The van der Waals surface area contributed by atoms with E-state index in [0.29, 0.717) is 6.61 Å². The quantitative estimate of drug-likeness (QED) is 0.598. The van der Waals surface area contributed by atoms with Gasteiger partial charge in [-0.1, -0.05) is 18.2 Å². The molecule has 0 bridgehead atoms. The fourth-order valence-corrected chi connectivity index (χ4v) is 1.83. The van der Waals surface area contributed by atoms with Gasteiger partial charge in [0.1, 0.15) is 17.3 Å². The van der Waals surface area contributed by atoms with E-state index in [1.54, 1.807) is 12.1 Å². The van der Waals surface area contributed by atoms with E-state index in [4.69, 9.17) is 4.74 Å². The van der Waals surface area contributed by atoms with E-state index in [9.17, 15) is 4.39 Å². The van der Waals surface area contributed by atoms with E-state index in [1.807, 2.05) is 31.2 Å². The van der Waals surface area contributed by atoms with Crippen LogP contribution in [0.25, 0.3) is 11.1 Å². The molecule has 0 spiro atoms. The van der Waals surface area contributed by atoms with Gasteiger partial charge in [0.25, 0.3) is 0 Å². The minimum absolute atomic E-state index is 0.199. The van der Waals surface area contributed by atoms with Gasteiger partial charge in [0, 0.05) is 0 Å². The van der Waals surface area contributed by atoms with Crippen molar-refractivity contribution >= 4 is 23.1 Å². The highest BCUT2D eigenvalue weighted by Gasteiger charge is 2.04. The van der Waals surface area contributed by atoms with Crippen molar-refractivity contribution in [2.75, 3.05) is 6.61 Å². The summed E-state index contributed by atoms with van der Waals surface area (Å²) in [5.74, 6) is 0.386. The number of benzene rings is 2. The van der Waals surface area contributed by atoms with Gasteiger partial charge in [-0.2, -0.15) is 4.99 Å². The Bertz CT molecular complexity index is 619. The molecule has 0 aliphatic heterocycles. The van der Waals surface area contributed by atoms with Crippen molar-refractivity contribution in [3.05, 3.63) is 48.3 Å². The lowest BCUT2D eigenvalue weighted by atomic mass is 10.1. The Kier molecular flexibility index (Phi) is 4.39. The number of hydrogen-bond donors (Lipinski definition) is 0. The number of aliphatic imine (C=N–C) groups is 1. The zero-order chi connectivity index (χ0) is 13.7. The highest BCUT2D eigenvalue weighted by Crippen LogP contribution is 2.27. The maximum atomic E-state index is 13.7. The molecular weight excluding hydrogens is 261 g/mol.